The molecule has 0 aliphatic carbocycles. The molecule has 1 rings (SSSR count). The Hall–Kier alpha value is 0.495. The summed E-state index contributed by atoms with van der Waals surface area (Å²) in [6, 6.07) is 8.86. The molecular weight excluding hydrogens is 346 g/mol. The third-order valence-corrected chi connectivity index (χ3v) is 1.71. The van der Waals surface area contributed by atoms with Gasteiger partial charge in [-0.1, -0.05) is 30.3 Å². The predicted octanol–water partition coefficient (Wildman–Crippen LogP) is 1.60. The normalized spacial score (nSPS) is 10.4. The largest absolute Gasteiger partial charge is 0.287 e. The monoisotopic (exact) mass is 357 g/mol. The second kappa shape index (κ2) is 7.74. The maximum absolute atomic E-state index is 10.3. The van der Waals surface area contributed by atoms with Crippen LogP contribution >= 0.6 is 9.90 Å². The van der Waals surface area contributed by atoms with Crippen molar-refractivity contribution in [1.82, 2.24) is 0 Å². The van der Waals surface area contributed by atoms with Crippen molar-refractivity contribution < 1.29 is 48.6 Å². The minimum absolute atomic E-state index is 0. The zero-order valence-electron chi connectivity index (χ0n) is 7.50. The van der Waals surface area contributed by atoms with Gasteiger partial charge < -0.3 is 0 Å². The summed E-state index contributed by atoms with van der Waals surface area (Å²) in [6.07, 6.45) is 1.33. The molecule has 0 aliphatic rings. The van der Waals surface area contributed by atoms with Crippen LogP contribution < -0.4 is 0 Å². The topological polar surface area (TPSA) is 54.4 Å². The van der Waals surface area contributed by atoms with Crippen LogP contribution in [0.1, 0.15) is 5.56 Å². The number of rotatable bonds is 2. The van der Waals surface area contributed by atoms with E-state index >= 15 is 0 Å². The van der Waals surface area contributed by atoms with Gasteiger partial charge in [-0.25, -0.2) is 0 Å². The van der Waals surface area contributed by atoms with E-state index in [0.29, 0.717) is 0 Å². The summed E-state index contributed by atoms with van der Waals surface area (Å²) in [5, 5.41) is 0.752. The Morgan fingerprint density at radius 1 is 1.14 bits per heavy atom. The molecule has 0 fully saturated rings. The van der Waals surface area contributed by atoms with Gasteiger partial charge in [-0.2, -0.15) is 18.3 Å². The number of hydrogen-bond acceptors (Lipinski definition) is 2. The number of benzene rings is 1. The van der Waals surface area contributed by atoms with E-state index in [4.69, 9.17) is 4.55 Å². The van der Waals surface area contributed by atoms with Gasteiger partial charge in [-0.15, -0.1) is 0 Å². The summed E-state index contributed by atoms with van der Waals surface area (Å²) in [7, 11) is -4.00. The summed E-state index contributed by atoms with van der Waals surface area (Å²) < 4.78 is 28.9. The van der Waals surface area contributed by atoms with E-state index in [2.05, 4.69) is 0 Å². The molecule has 0 aromatic heterocycles. The standard InChI is InChI=1S/C8H8O3S.La.H3P/c9-12(10,11)7-6-8-4-2-1-3-5-8;;/h1-7H,(H,9,10,11);;1H3. The third-order valence-electron chi connectivity index (χ3n) is 1.23. The fraction of sp³-hybridized carbons (Fsp3) is 0. The van der Waals surface area contributed by atoms with Gasteiger partial charge in [0.05, 0.1) is 5.41 Å². The molecule has 0 heterocycles. The van der Waals surface area contributed by atoms with Crippen LogP contribution in [-0.4, -0.2) is 13.0 Å². The molecule has 0 saturated heterocycles. The fourth-order valence-corrected chi connectivity index (χ4v) is 1.06. The summed E-state index contributed by atoms with van der Waals surface area (Å²) in [5.41, 5.74) is 0.732. The average Bonchev–Trinajstić information content (AvgIpc) is 2.02. The van der Waals surface area contributed by atoms with Gasteiger partial charge in [0.15, 0.2) is 0 Å². The van der Waals surface area contributed by atoms with Crippen LogP contribution in [0.25, 0.3) is 6.08 Å². The van der Waals surface area contributed by atoms with Crippen molar-refractivity contribution in [3.05, 3.63) is 41.3 Å². The predicted molar refractivity (Wildman–Crippen MR) is 58.1 cm³/mol. The molecular formula is C8H11LaO3PS. The maximum atomic E-state index is 10.3. The van der Waals surface area contributed by atoms with Crippen molar-refractivity contribution in [2.24, 2.45) is 0 Å². The smallest absolute Gasteiger partial charge is 0.282 e. The molecule has 6 heteroatoms. The van der Waals surface area contributed by atoms with E-state index in [1.54, 1.807) is 24.3 Å². The van der Waals surface area contributed by atoms with Crippen LogP contribution in [-0.2, 0) is 10.1 Å². The fourth-order valence-electron chi connectivity index (χ4n) is 0.729. The quantitative estimate of drug-likeness (QED) is 0.646. The van der Waals surface area contributed by atoms with Crippen molar-refractivity contribution in [3.63, 3.8) is 0 Å². The number of hydrogen-bond donors (Lipinski definition) is 1. The molecule has 0 bridgehead atoms. The van der Waals surface area contributed by atoms with E-state index < -0.39 is 10.1 Å². The van der Waals surface area contributed by atoms with E-state index in [0.717, 1.165) is 11.0 Å². The molecule has 0 spiro atoms. The van der Waals surface area contributed by atoms with Crippen LogP contribution in [0.5, 0.6) is 0 Å². The van der Waals surface area contributed by atoms with Crippen LogP contribution in [0.4, 0.5) is 0 Å². The second-order valence-electron chi connectivity index (χ2n) is 2.23. The first-order chi connectivity index (χ1) is 5.58. The molecule has 1 aromatic rings. The molecule has 14 heavy (non-hydrogen) atoms. The maximum Gasteiger partial charge on any atom is 0.287 e. The van der Waals surface area contributed by atoms with Crippen molar-refractivity contribution in [3.8, 4) is 0 Å². The van der Waals surface area contributed by atoms with Crippen LogP contribution in [0.15, 0.2) is 35.7 Å². The van der Waals surface area contributed by atoms with Gasteiger partial charge in [0, 0.05) is 35.6 Å². The van der Waals surface area contributed by atoms with Gasteiger partial charge >= 0.3 is 0 Å². The third kappa shape index (κ3) is 7.86. The van der Waals surface area contributed by atoms with Crippen LogP contribution in [0.2, 0.25) is 0 Å². The molecule has 1 unspecified atom stereocenters. The minimum atomic E-state index is -4.00. The molecule has 0 amide bonds. The Labute approximate surface area is 115 Å². The molecule has 0 saturated carbocycles. The Bertz CT molecular complexity index is 375. The first-order valence-electron chi connectivity index (χ1n) is 3.28. The Morgan fingerprint density at radius 3 is 2.07 bits per heavy atom. The van der Waals surface area contributed by atoms with E-state index in [9.17, 15) is 8.42 Å². The molecule has 1 radical (unpaired) electrons. The van der Waals surface area contributed by atoms with E-state index in [1.165, 1.54) is 6.08 Å². The van der Waals surface area contributed by atoms with Crippen LogP contribution in [0.3, 0.4) is 0 Å². The van der Waals surface area contributed by atoms with Gasteiger partial charge in [-0.3, -0.25) is 4.55 Å². The SMILES string of the molecule is O=S(=O)(O)C=Cc1ccccc1.P.[La]. The Kier molecular flexibility index (Phi) is 9.35. The summed E-state index contributed by atoms with van der Waals surface area (Å²) in [6.45, 7) is 0. The zero-order chi connectivity index (χ0) is 9.03. The summed E-state index contributed by atoms with van der Waals surface area (Å²) in [4.78, 5) is 0. The summed E-state index contributed by atoms with van der Waals surface area (Å²) in [5.74, 6) is 0. The molecule has 1 aromatic carbocycles. The van der Waals surface area contributed by atoms with Gasteiger partial charge in [-0.05, 0) is 11.6 Å². The molecule has 3 nitrogen and oxygen atoms in total. The zero-order valence-corrected chi connectivity index (χ0v) is 13.4. The minimum Gasteiger partial charge on any atom is -0.282 e. The summed E-state index contributed by atoms with van der Waals surface area (Å²) >= 11 is 0. The van der Waals surface area contributed by atoms with Gasteiger partial charge in [0.25, 0.3) is 10.1 Å². The van der Waals surface area contributed by atoms with Crippen molar-refractivity contribution >= 4 is 26.1 Å². The Balaban J connectivity index is 0. The Morgan fingerprint density at radius 2 is 1.64 bits per heavy atom. The van der Waals surface area contributed by atoms with E-state index in [-0.39, 0.29) is 45.5 Å². The van der Waals surface area contributed by atoms with Gasteiger partial charge in [0.1, 0.15) is 0 Å². The average molecular weight is 357 g/mol. The first kappa shape index (κ1) is 16.9. The molecule has 1 N–H and O–H groups in total. The van der Waals surface area contributed by atoms with Gasteiger partial charge in [0.2, 0.25) is 0 Å². The van der Waals surface area contributed by atoms with Crippen molar-refractivity contribution in [2.45, 2.75) is 0 Å². The molecule has 75 valence electrons. The first-order valence-corrected chi connectivity index (χ1v) is 4.79. The van der Waals surface area contributed by atoms with Crippen molar-refractivity contribution in [2.75, 3.05) is 0 Å². The van der Waals surface area contributed by atoms with E-state index in [1.807, 2.05) is 6.07 Å². The molecule has 0 aliphatic heterocycles. The second-order valence-corrected chi connectivity index (χ2v) is 3.53. The van der Waals surface area contributed by atoms with Crippen LogP contribution in [0, 0.1) is 35.6 Å². The molecule has 1 atom stereocenters. The van der Waals surface area contributed by atoms with Crippen molar-refractivity contribution in [1.29, 1.82) is 0 Å².